The number of halogens is 4. The van der Waals surface area contributed by atoms with E-state index in [1.54, 1.807) is 4.90 Å². The van der Waals surface area contributed by atoms with Gasteiger partial charge in [-0.2, -0.15) is 0 Å². The van der Waals surface area contributed by atoms with Crippen molar-refractivity contribution in [2.24, 2.45) is 17.8 Å². The minimum absolute atomic E-state index is 0.0281. The van der Waals surface area contributed by atoms with E-state index in [0.29, 0.717) is 31.7 Å². The Morgan fingerprint density at radius 1 is 1.23 bits per heavy atom. The van der Waals surface area contributed by atoms with Crippen LogP contribution in [0.1, 0.15) is 32.3 Å². The Kier molecular flexibility index (Phi) is 7.64. The standard InChI is InChI=1S/C23H29F4N3O/c1-13(2)14-6-7-15(20-11-30(8-9-31-20)12-21(26)27)23(29)16(14)10-19(28)22-17(24)4-3-5-18(22)25/h3-5,10,13-15,20-21,28-29H,6-9,11-12H2,1-2H3/b16-10-,28-19?,29-23?/t14?,15?,20-/m1/s1. The average molecular weight is 439 g/mol. The Hall–Kier alpha value is -2.06. The molecule has 3 rings (SSSR count). The number of alkyl halides is 2. The number of nitrogens with zero attached hydrogens (tertiary/aromatic N) is 1. The molecule has 1 aromatic carbocycles. The number of hydrogen-bond acceptors (Lipinski definition) is 4. The van der Waals surface area contributed by atoms with Crippen molar-refractivity contribution in [2.75, 3.05) is 26.2 Å². The van der Waals surface area contributed by atoms with Gasteiger partial charge >= 0.3 is 0 Å². The number of hydrogen-bond donors (Lipinski definition) is 2. The van der Waals surface area contributed by atoms with E-state index in [1.165, 1.54) is 12.1 Å². The van der Waals surface area contributed by atoms with Gasteiger partial charge in [0.25, 0.3) is 6.43 Å². The van der Waals surface area contributed by atoms with Crippen molar-refractivity contribution in [3.63, 3.8) is 0 Å². The topological polar surface area (TPSA) is 60.2 Å². The third kappa shape index (κ3) is 5.41. The number of ether oxygens (including phenoxy) is 1. The molecular formula is C23H29F4N3O. The lowest BCUT2D eigenvalue weighted by Gasteiger charge is -2.41. The number of allylic oxidation sites excluding steroid dienone is 2. The summed E-state index contributed by atoms with van der Waals surface area (Å²) in [4.78, 5) is 1.65. The molecule has 0 bridgehead atoms. The lowest BCUT2D eigenvalue weighted by Crippen LogP contribution is -2.50. The van der Waals surface area contributed by atoms with Gasteiger partial charge in [0.2, 0.25) is 0 Å². The summed E-state index contributed by atoms with van der Waals surface area (Å²) < 4.78 is 59.8. The van der Waals surface area contributed by atoms with Crippen LogP contribution in [0.25, 0.3) is 0 Å². The summed E-state index contributed by atoms with van der Waals surface area (Å²) in [6.45, 7) is 4.77. The number of benzene rings is 1. The second kappa shape index (κ2) is 10.0. The molecule has 8 heteroatoms. The van der Waals surface area contributed by atoms with Crippen molar-refractivity contribution in [2.45, 2.75) is 39.2 Å². The van der Waals surface area contributed by atoms with Crippen molar-refractivity contribution < 1.29 is 22.3 Å². The fourth-order valence-corrected chi connectivity index (χ4v) is 4.64. The summed E-state index contributed by atoms with van der Waals surface area (Å²) in [5.41, 5.74) is 0.124. The van der Waals surface area contributed by atoms with E-state index in [4.69, 9.17) is 15.6 Å². The van der Waals surface area contributed by atoms with E-state index in [0.717, 1.165) is 18.6 Å². The average Bonchev–Trinajstić information content (AvgIpc) is 2.68. The SMILES string of the molecule is CC(C)C1CCC([C@H]2CN(CC(F)F)CCO2)C(=N)/C1=C\C(=N)c1c(F)cccc1F. The van der Waals surface area contributed by atoms with Crippen molar-refractivity contribution >= 4 is 11.4 Å². The molecule has 1 saturated heterocycles. The predicted molar refractivity (Wildman–Crippen MR) is 112 cm³/mol. The zero-order valence-electron chi connectivity index (χ0n) is 17.8. The van der Waals surface area contributed by atoms with Crippen LogP contribution in [0.15, 0.2) is 29.8 Å². The molecule has 0 radical (unpaired) electrons. The molecule has 1 aliphatic heterocycles. The van der Waals surface area contributed by atoms with Gasteiger partial charge in [-0.05, 0) is 48.5 Å². The molecule has 2 fully saturated rings. The maximum absolute atomic E-state index is 14.2. The minimum atomic E-state index is -2.43. The quantitative estimate of drug-likeness (QED) is 0.488. The van der Waals surface area contributed by atoms with Gasteiger partial charge in [-0.1, -0.05) is 19.9 Å². The van der Waals surface area contributed by atoms with E-state index >= 15 is 0 Å². The molecule has 3 atom stereocenters. The van der Waals surface area contributed by atoms with E-state index < -0.39 is 29.7 Å². The summed E-state index contributed by atoms with van der Waals surface area (Å²) >= 11 is 0. The molecule has 2 N–H and O–H groups in total. The second-order valence-corrected chi connectivity index (χ2v) is 8.62. The third-order valence-electron chi connectivity index (χ3n) is 6.23. The van der Waals surface area contributed by atoms with Gasteiger partial charge in [0.15, 0.2) is 0 Å². The van der Waals surface area contributed by atoms with Gasteiger partial charge < -0.3 is 15.6 Å². The largest absolute Gasteiger partial charge is 0.375 e. The first-order valence-electron chi connectivity index (χ1n) is 10.6. The molecule has 0 spiro atoms. The van der Waals surface area contributed by atoms with E-state index in [9.17, 15) is 17.6 Å². The highest BCUT2D eigenvalue weighted by atomic mass is 19.3. The molecule has 31 heavy (non-hydrogen) atoms. The summed E-state index contributed by atoms with van der Waals surface area (Å²) in [7, 11) is 0. The first kappa shape index (κ1) is 23.6. The maximum Gasteiger partial charge on any atom is 0.251 e. The predicted octanol–water partition coefficient (Wildman–Crippen LogP) is 4.93. The van der Waals surface area contributed by atoms with Gasteiger partial charge in [0, 0.05) is 24.7 Å². The Morgan fingerprint density at radius 3 is 2.52 bits per heavy atom. The Balaban J connectivity index is 1.87. The van der Waals surface area contributed by atoms with E-state index in [2.05, 4.69) is 0 Å². The molecule has 170 valence electrons. The normalized spacial score (nSPS) is 26.8. The first-order chi connectivity index (χ1) is 14.7. The molecule has 1 aromatic rings. The van der Waals surface area contributed by atoms with E-state index in [-0.39, 0.29) is 35.7 Å². The van der Waals surface area contributed by atoms with Gasteiger partial charge in [0.1, 0.15) is 11.6 Å². The third-order valence-corrected chi connectivity index (χ3v) is 6.23. The van der Waals surface area contributed by atoms with Crippen molar-refractivity contribution in [3.05, 3.63) is 47.0 Å². The molecule has 4 nitrogen and oxygen atoms in total. The molecular weight excluding hydrogens is 410 g/mol. The van der Waals surface area contributed by atoms with Crippen LogP contribution in [0.5, 0.6) is 0 Å². The zero-order valence-corrected chi connectivity index (χ0v) is 17.8. The minimum Gasteiger partial charge on any atom is -0.375 e. The highest BCUT2D eigenvalue weighted by molar-refractivity contribution is 6.13. The van der Waals surface area contributed by atoms with Crippen LogP contribution in [-0.2, 0) is 4.74 Å². The summed E-state index contributed by atoms with van der Waals surface area (Å²) in [6, 6.07) is 3.46. The van der Waals surface area contributed by atoms with Crippen LogP contribution in [0.4, 0.5) is 17.6 Å². The van der Waals surface area contributed by atoms with Crippen molar-refractivity contribution in [1.82, 2.24) is 4.90 Å². The number of nitrogens with one attached hydrogen (secondary N) is 2. The van der Waals surface area contributed by atoms with Gasteiger partial charge in [-0.25, -0.2) is 17.6 Å². The maximum atomic E-state index is 14.2. The van der Waals surface area contributed by atoms with Gasteiger partial charge in [0.05, 0.1) is 30.5 Å². The fourth-order valence-electron chi connectivity index (χ4n) is 4.64. The summed E-state index contributed by atoms with van der Waals surface area (Å²) in [5, 5.41) is 17.1. The summed E-state index contributed by atoms with van der Waals surface area (Å²) in [5.74, 6) is -1.80. The number of morpholine rings is 1. The van der Waals surface area contributed by atoms with Crippen LogP contribution in [0, 0.1) is 40.2 Å². The number of rotatable bonds is 6. The Labute approximate surface area is 180 Å². The zero-order chi connectivity index (χ0) is 22.7. The monoisotopic (exact) mass is 439 g/mol. The fraction of sp³-hybridized carbons (Fsp3) is 0.565. The highest BCUT2D eigenvalue weighted by Crippen LogP contribution is 2.38. The van der Waals surface area contributed by atoms with E-state index in [1.807, 2.05) is 13.8 Å². The molecule has 2 unspecified atom stereocenters. The lowest BCUT2D eigenvalue weighted by atomic mass is 9.70. The van der Waals surface area contributed by atoms with Gasteiger partial charge in [-0.15, -0.1) is 0 Å². The van der Waals surface area contributed by atoms with Crippen LogP contribution < -0.4 is 0 Å². The van der Waals surface area contributed by atoms with Gasteiger partial charge in [-0.3, -0.25) is 4.90 Å². The molecule has 0 amide bonds. The summed E-state index contributed by atoms with van der Waals surface area (Å²) in [6.07, 6.45) is -0.0101. The Morgan fingerprint density at radius 2 is 1.90 bits per heavy atom. The second-order valence-electron chi connectivity index (χ2n) is 8.62. The Bertz CT molecular complexity index is 835. The first-order valence-corrected chi connectivity index (χ1v) is 10.6. The van der Waals surface area contributed by atoms with Crippen LogP contribution in [-0.4, -0.2) is 55.1 Å². The highest BCUT2D eigenvalue weighted by Gasteiger charge is 2.39. The molecule has 0 aromatic heterocycles. The smallest absolute Gasteiger partial charge is 0.251 e. The van der Waals surface area contributed by atoms with Crippen molar-refractivity contribution in [1.29, 1.82) is 10.8 Å². The molecule has 1 saturated carbocycles. The van der Waals surface area contributed by atoms with Crippen LogP contribution >= 0.6 is 0 Å². The van der Waals surface area contributed by atoms with Crippen molar-refractivity contribution in [3.8, 4) is 0 Å². The molecule has 2 aliphatic rings. The molecule has 1 heterocycles. The van der Waals surface area contributed by atoms with Crippen LogP contribution in [0.2, 0.25) is 0 Å². The lowest BCUT2D eigenvalue weighted by molar-refractivity contribution is -0.0608. The molecule has 1 aliphatic carbocycles. The van der Waals surface area contributed by atoms with Crippen LogP contribution in [0.3, 0.4) is 0 Å².